The van der Waals surface area contributed by atoms with Crippen molar-refractivity contribution < 1.29 is 18.3 Å². The van der Waals surface area contributed by atoms with E-state index in [1.807, 2.05) is 7.05 Å². The van der Waals surface area contributed by atoms with Crippen molar-refractivity contribution in [1.29, 1.82) is 0 Å². The molecule has 1 aliphatic heterocycles. The molecule has 110 valence electrons. The van der Waals surface area contributed by atoms with Gasteiger partial charge in [-0.3, -0.25) is 4.79 Å². The van der Waals surface area contributed by atoms with Crippen LogP contribution in [0.3, 0.4) is 0 Å². The number of nitrogens with one attached hydrogen (secondary N) is 1. The molecule has 1 aliphatic rings. The van der Waals surface area contributed by atoms with Crippen molar-refractivity contribution in [3.8, 4) is 5.75 Å². The van der Waals surface area contributed by atoms with Crippen molar-refractivity contribution in [2.24, 2.45) is 0 Å². The van der Waals surface area contributed by atoms with Gasteiger partial charge in [-0.05, 0) is 51.2 Å². The molecule has 1 amide bonds. The van der Waals surface area contributed by atoms with E-state index < -0.39 is 6.61 Å². The molecule has 20 heavy (non-hydrogen) atoms. The zero-order chi connectivity index (χ0) is 14.5. The average Bonchev–Trinajstić information content (AvgIpc) is 2.41. The van der Waals surface area contributed by atoms with E-state index in [0.29, 0.717) is 5.56 Å². The number of amides is 1. The van der Waals surface area contributed by atoms with Gasteiger partial charge in [-0.2, -0.15) is 8.78 Å². The van der Waals surface area contributed by atoms with E-state index in [-0.39, 0.29) is 17.7 Å². The van der Waals surface area contributed by atoms with Crippen LogP contribution in [0.25, 0.3) is 0 Å². The van der Waals surface area contributed by atoms with Crippen molar-refractivity contribution in [2.75, 3.05) is 20.1 Å². The van der Waals surface area contributed by atoms with Gasteiger partial charge < -0.3 is 15.0 Å². The number of benzene rings is 1. The van der Waals surface area contributed by atoms with E-state index in [1.165, 1.54) is 18.2 Å². The minimum absolute atomic E-state index is 0.00368. The van der Waals surface area contributed by atoms with E-state index in [2.05, 4.69) is 15.0 Å². The zero-order valence-corrected chi connectivity index (χ0v) is 11.3. The van der Waals surface area contributed by atoms with Crippen LogP contribution >= 0.6 is 0 Å². The molecule has 1 aromatic carbocycles. The summed E-state index contributed by atoms with van der Waals surface area (Å²) in [6, 6.07) is 5.98. The van der Waals surface area contributed by atoms with Gasteiger partial charge in [0.25, 0.3) is 5.91 Å². The van der Waals surface area contributed by atoms with Crippen LogP contribution in [0.2, 0.25) is 0 Å². The Hall–Kier alpha value is -1.69. The molecule has 0 bridgehead atoms. The number of piperidine rings is 1. The van der Waals surface area contributed by atoms with E-state index in [0.717, 1.165) is 25.9 Å². The first kappa shape index (κ1) is 14.7. The Morgan fingerprint density at radius 1 is 1.40 bits per heavy atom. The lowest BCUT2D eigenvalue weighted by molar-refractivity contribution is -0.0498. The number of hydrogen-bond donors (Lipinski definition) is 1. The molecular weight excluding hydrogens is 266 g/mol. The van der Waals surface area contributed by atoms with Gasteiger partial charge in [-0.25, -0.2) is 0 Å². The maximum Gasteiger partial charge on any atom is 0.387 e. The Bertz CT molecular complexity index is 460. The number of likely N-dealkylation sites (tertiary alicyclic amines) is 1. The first-order valence-electron chi connectivity index (χ1n) is 6.59. The molecule has 0 atom stereocenters. The third-order valence-electron chi connectivity index (χ3n) is 3.38. The van der Waals surface area contributed by atoms with Gasteiger partial charge in [0.2, 0.25) is 0 Å². The van der Waals surface area contributed by atoms with Crippen LogP contribution in [0.5, 0.6) is 5.75 Å². The molecule has 1 fully saturated rings. The first-order chi connectivity index (χ1) is 9.54. The molecule has 6 heteroatoms. The fraction of sp³-hybridized carbons (Fsp3) is 0.500. The second-order valence-electron chi connectivity index (χ2n) is 4.96. The van der Waals surface area contributed by atoms with Gasteiger partial charge in [-0.15, -0.1) is 0 Å². The van der Waals surface area contributed by atoms with Crippen molar-refractivity contribution >= 4 is 5.91 Å². The lowest BCUT2D eigenvalue weighted by atomic mass is 10.0. The predicted octanol–water partition coefficient (Wildman–Crippen LogP) is 2.11. The van der Waals surface area contributed by atoms with E-state index in [4.69, 9.17) is 0 Å². The third kappa shape index (κ3) is 4.16. The number of carbonyl (C=O) groups is 1. The van der Waals surface area contributed by atoms with Crippen LogP contribution in [0, 0.1) is 0 Å². The van der Waals surface area contributed by atoms with Crippen LogP contribution < -0.4 is 10.1 Å². The Balaban J connectivity index is 1.95. The summed E-state index contributed by atoms with van der Waals surface area (Å²) < 4.78 is 28.6. The van der Waals surface area contributed by atoms with Crippen molar-refractivity contribution in [1.82, 2.24) is 10.2 Å². The molecule has 0 aliphatic carbocycles. The fourth-order valence-corrected chi connectivity index (χ4v) is 2.24. The second-order valence-corrected chi connectivity index (χ2v) is 4.96. The number of halogens is 2. The highest BCUT2D eigenvalue weighted by atomic mass is 19.3. The summed E-state index contributed by atoms with van der Waals surface area (Å²) in [6.45, 7) is -0.999. The second kappa shape index (κ2) is 6.65. The zero-order valence-electron chi connectivity index (χ0n) is 11.3. The van der Waals surface area contributed by atoms with Gasteiger partial charge >= 0.3 is 6.61 Å². The lowest BCUT2D eigenvalue weighted by Gasteiger charge is -2.29. The molecule has 1 heterocycles. The van der Waals surface area contributed by atoms with Crippen LogP contribution in [0.15, 0.2) is 24.3 Å². The monoisotopic (exact) mass is 284 g/mol. The predicted molar refractivity (Wildman–Crippen MR) is 71.1 cm³/mol. The quantitative estimate of drug-likeness (QED) is 0.920. The molecule has 1 N–H and O–H groups in total. The van der Waals surface area contributed by atoms with Gasteiger partial charge in [0.1, 0.15) is 5.75 Å². The highest BCUT2D eigenvalue weighted by Gasteiger charge is 2.19. The first-order valence-corrected chi connectivity index (χ1v) is 6.59. The Labute approximate surface area is 116 Å². The highest BCUT2D eigenvalue weighted by molar-refractivity contribution is 5.94. The van der Waals surface area contributed by atoms with Gasteiger partial charge in [0, 0.05) is 11.6 Å². The summed E-state index contributed by atoms with van der Waals surface area (Å²) in [5.74, 6) is -0.254. The van der Waals surface area contributed by atoms with E-state index in [1.54, 1.807) is 6.07 Å². The van der Waals surface area contributed by atoms with Crippen LogP contribution in [-0.4, -0.2) is 43.6 Å². The Morgan fingerprint density at radius 2 is 2.10 bits per heavy atom. The fourth-order valence-electron chi connectivity index (χ4n) is 2.24. The summed E-state index contributed by atoms with van der Waals surface area (Å²) in [5.41, 5.74) is 0.335. The maximum absolute atomic E-state index is 12.1. The summed E-state index contributed by atoms with van der Waals surface area (Å²) in [7, 11) is 2.04. The van der Waals surface area contributed by atoms with Crippen molar-refractivity contribution in [2.45, 2.75) is 25.5 Å². The minimum Gasteiger partial charge on any atom is -0.435 e. The van der Waals surface area contributed by atoms with Crippen LogP contribution in [-0.2, 0) is 0 Å². The molecule has 1 saturated heterocycles. The number of rotatable bonds is 4. The lowest BCUT2D eigenvalue weighted by Crippen LogP contribution is -2.43. The van der Waals surface area contributed by atoms with Gasteiger partial charge in [0.05, 0.1) is 0 Å². The number of carbonyl (C=O) groups excluding carboxylic acids is 1. The van der Waals surface area contributed by atoms with Crippen LogP contribution in [0.4, 0.5) is 8.78 Å². The number of hydrogen-bond acceptors (Lipinski definition) is 3. The topological polar surface area (TPSA) is 41.6 Å². The molecule has 0 spiro atoms. The standard InChI is InChI=1S/C14H18F2N2O2/c1-18-7-5-11(6-8-18)17-13(19)10-3-2-4-12(9-10)20-14(15)16/h2-4,9,11,14H,5-8H2,1H3,(H,17,19). The minimum atomic E-state index is -2.89. The Morgan fingerprint density at radius 3 is 2.75 bits per heavy atom. The van der Waals surface area contributed by atoms with Crippen LogP contribution in [0.1, 0.15) is 23.2 Å². The molecular formula is C14H18F2N2O2. The van der Waals surface area contributed by atoms with Gasteiger partial charge in [0.15, 0.2) is 0 Å². The molecule has 0 radical (unpaired) electrons. The number of nitrogens with zero attached hydrogens (tertiary/aromatic N) is 1. The molecule has 1 aromatic rings. The third-order valence-corrected chi connectivity index (χ3v) is 3.38. The van der Waals surface area contributed by atoms with E-state index in [9.17, 15) is 13.6 Å². The molecule has 0 unspecified atom stereocenters. The average molecular weight is 284 g/mol. The largest absolute Gasteiger partial charge is 0.435 e. The number of alkyl halides is 2. The summed E-state index contributed by atoms with van der Waals surface area (Å²) in [6.07, 6.45) is 1.80. The van der Waals surface area contributed by atoms with Gasteiger partial charge in [-0.1, -0.05) is 6.07 Å². The molecule has 0 saturated carbocycles. The summed E-state index contributed by atoms with van der Waals surface area (Å²) in [4.78, 5) is 14.3. The normalized spacial score (nSPS) is 17.2. The number of ether oxygens (including phenoxy) is 1. The van der Waals surface area contributed by atoms with Crippen molar-refractivity contribution in [3.05, 3.63) is 29.8 Å². The van der Waals surface area contributed by atoms with E-state index >= 15 is 0 Å². The molecule has 2 rings (SSSR count). The SMILES string of the molecule is CN1CCC(NC(=O)c2cccc(OC(F)F)c2)CC1. The Kier molecular flexibility index (Phi) is 4.89. The molecule has 4 nitrogen and oxygen atoms in total. The highest BCUT2D eigenvalue weighted by Crippen LogP contribution is 2.16. The summed E-state index contributed by atoms with van der Waals surface area (Å²) in [5, 5.41) is 2.93. The van der Waals surface area contributed by atoms with Crippen molar-refractivity contribution in [3.63, 3.8) is 0 Å². The summed E-state index contributed by atoms with van der Waals surface area (Å²) >= 11 is 0. The maximum atomic E-state index is 12.1. The molecule has 0 aromatic heterocycles. The smallest absolute Gasteiger partial charge is 0.387 e.